The summed E-state index contributed by atoms with van der Waals surface area (Å²) < 4.78 is 13.6. The predicted octanol–water partition coefficient (Wildman–Crippen LogP) is 1.34. The number of aliphatic hydroxyl groups excluding tert-OH is 2. The molecule has 3 N–H and O–H groups in total. The Balaban J connectivity index is 2.06. The third-order valence-electron chi connectivity index (χ3n) is 3.42. The molecule has 0 aromatic heterocycles. The summed E-state index contributed by atoms with van der Waals surface area (Å²) in [6.07, 6.45) is 0.171. The largest absolute Gasteiger partial charge is 0.396 e. The molecule has 1 saturated carbocycles. The lowest BCUT2D eigenvalue weighted by Crippen LogP contribution is -2.34. The van der Waals surface area contributed by atoms with Gasteiger partial charge in [0.05, 0.1) is 16.7 Å². The molecule has 0 bridgehead atoms. The van der Waals surface area contributed by atoms with Crippen LogP contribution in [0.15, 0.2) is 18.2 Å². The van der Waals surface area contributed by atoms with Crippen LogP contribution in [-0.4, -0.2) is 34.9 Å². The number of rotatable bonds is 3. The van der Waals surface area contributed by atoms with E-state index in [2.05, 4.69) is 5.32 Å². The van der Waals surface area contributed by atoms with E-state index in [1.807, 2.05) is 0 Å². The van der Waals surface area contributed by atoms with Crippen LogP contribution >= 0.6 is 11.6 Å². The van der Waals surface area contributed by atoms with Crippen molar-refractivity contribution in [3.8, 4) is 0 Å². The van der Waals surface area contributed by atoms with E-state index in [9.17, 15) is 14.3 Å². The summed E-state index contributed by atoms with van der Waals surface area (Å²) in [5, 5.41) is 21.4. The number of amides is 1. The summed E-state index contributed by atoms with van der Waals surface area (Å²) in [7, 11) is 0. The van der Waals surface area contributed by atoms with Crippen molar-refractivity contribution in [3.05, 3.63) is 34.6 Å². The third kappa shape index (κ3) is 3.05. The van der Waals surface area contributed by atoms with Gasteiger partial charge in [-0.05, 0) is 25.0 Å². The van der Waals surface area contributed by atoms with E-state index >= 15 is 0 Å². The first kappa shape index (κ1) is 14.2. The SMILES string of the molecule is O=C(N[C@H]1C[C@@H](CO)[C@H](O)C1)c1c(F)cccc1Cl. The highest BCUT2D eigenvalue weighted by Crippen LogP contribution is 2.26. The number of carbonyl (C=O) groups excluding carboxylic acids is 1. The number of hydrogen-bond donors (Lipinski definition) is 3. The molecule has 0 aliphatic heterocycles. The van der Waals surface area contributed by atoms with Crippen molar-refractivity contribution in [2.24, 2.45) is 5.92 Å². The molecule has 1 aromatic rings. The summed E-state index contributed by atoms with van der Waals surface area (Å²) in [5.74, 6) is -1.53. The summed E-state index contributed by atoms with van der Waals surface area (Å²) in [6.45, 7) is -0.131. The first-order valence-electron chi connectivity index (χ1n) is 6.06. The Hall–Kier alpha value is -1.17. The van der Waals surface area contributed by atoms with E-state index in [1.165, 1.54) is 18.2 Å². The minimum absolute atomic E-state index is 0.0507. The number of nitrogens with one attached hydrogen (secondary N) is 1. The van der Waals surface area contributed by atoms with Gasteiger partial charge < -0.3 is 15.5 Å². The van der Waals surface area contributed by atoms with Crippen molar-refractivity contribution >= 4 is 17.5 Å². The average Bonchev–Trinajstić information content (AvgIpc) is 2.69. The first-order chi connectivity index (χ1) is 9.02. The first-order valence-corrected chi connectivity index (χ1v) is 6.44. The number of aliphatic hydroxyl groups is 2. The molecule has 1 aliphatic rings. The molecular weight excluding hydrogens is 273 g/mol. The molecule has 1 fully saturated rings. The smallest absolute Gasteiger partial charge is 0.255 e. The standard InChI is InChI=1S/C13H15ClFNO3/c14-9-2-1-3-10(15)12(9)13(19)16-8-4-7(6-17)11(18)5-8/h1-3,7-8,11,17-18H,4-6H2,(H,16,19)/t7-,8-,11+/m0/s1. The summed E-state index contributed by atoms with van der Waals surface area (Å²) in [5.41, 5.74) is -0.189. The molecule has 0 heterocycles. The van der Waals surface area contributed by atoms with Crippen LogP contribution in [0.25, 0.3) is 0 Å². The fraction of sp³-hybridized carbons (Fsp3) is 0.462. The number of hydrogen-bond acceptors (Lipinski definition) is 3. The quantitative estimate of drug-likeness (QED) is 0.786. The summed E-state index contributed by atoms with van der Waals surface area (Å²) >= 11 is 5.80. The van der Waals surface area contributed by atoms with Crippen molar-refractivity contribution in [1.82, 2.24) is 5.32 Å². The van der Waals surface area contributed by atoms with E-state index in [1.54, 1.807) is 0 Å². The van der Waals surface area contributed by atoms with E-state index in [4.69, 9.17) is 16.7 Å². The minimum atomic E-state index is -0.678. The van der Waals surface area contributed by atoms with Crippen LogP contribution in [0, 0.1) is 11.7 Å². The molecule has 6 heteroatoms. The minimum Gasteiger partial charge on any atom is -0.396 e. The topological polar surface area (TPSA) is 69.6 Å². The Bertz CT molecular complexity index is 463. The van der Waals surface area contributed by atoms with Crippen LogP contribution in [0.1, 0.15) is 23.2 Å². The van der Waals surface area contributed by atoms with Crippen molar-refractivity contribution in [3.63, 3.8) is 0 Å². The summed E-state index contributed by atoms with van der Waals surface area (Å²) in [4.78, 5) is 12.0. The second-order valence-electron chi connectivity index (χ2n) is 4.75. The van der Waals surface area contributed by atoms with Crippen LogP contribution in [0.2, 0.25) is 5.02 Å². The lowest BCUT2D eigenvalue weighted by atomic mass is 10.1. The van der Waals surface area contributed by atoms with Gasteiger partial charge in [-0.15, -0.1) is 0 Å². The molecule has 104 valence electrons. The maximum Gasteiger partial charge on any atom is 0.255 e. The number of halogens is 2. The Morgan fingerprint density at radius 2 is 2.21 bits per heavy atom. The normalized spacial score (nSPS) is 26.4. The zero-order chi connectivity index (χ0) is 14.0. The van der Waals surface area contributed by atoms with Gasteiger partial charge in [0.25, 0.3) is 5.91 Å². The highest BCUT2D eigenvalue weighted by atomic mass is 35.5. The van der Waals surface area contributed by atoms with Crippen LogP contribution in [0.3, 0.4) is 0 Å². The van der Waals surface area contributed by atoms with Gasteiger partial charge in [-0.25, -0.2) is 4.39 Å². The molecule has 1 amide bonds. The zero-order valence-corrected chi connectivity index (χ0v) is 10.9. The molecule has 19 heavy (non-hydrogen) atoms. The lowest BCUT2D eigenvalue weighted by molar-refractivity contribution is 0.0903. The van der Waals surface area contributed by atoms with E-state index in [0.717, 1.165) is 0 Å². The van der Waals surface area contributed by atoms with Crippen LogP contribution in [0.4, 0.5) is 4.39 Å². The fourth-order valence-electron chi connectivity index (χ4n) is 2.39. The van der Waals surface area contributed by atoms with Crippen molar-refractivity contribution in [2.45, 2.75) is 25.0 Å². The molecule has 0 spiro atoms. The van der Waals surface area contributed by atoms with E-state index in [-0.39, 0.29) is 29.2 Å². The van der Waals surface area contributed by atoms with Crippen LogP contribution in [0.5, 0.6) is 0 Å². The second-order valence-corrected chi connectivity index (χ2v) is 5.16. The van der Waals surface area contributed by atoms with E-state index < -0.39 is 17.8 Å². The van der Waals surface area contributed by atoms with Crippen molar-refractivity contribution in [2.75, 3.05) is 6.61 Å². The Labute approximate surface area is 115 Å². The molecule has 0 unspecified atom stereocenters. The highest BCUT2D eigenvalue weighted by molar-refractivity contribution is 6.33. The van der Waals surface area contributed by atoms with Gasteiger partial charge in [-0.2, -0.15) is 0 Å². The Morgan fingerprint density at radius 1 is 1.47 bits per heavy atom. The average molecular weight is 288 g/mol. The van der Waals surface area contributed by atoms with Gasteiger partial charge in [0.15, 0.2) is 0 Å². The fourth-order valence-corrected chi connectivity index (χ4v) is 2.64. The van der Waals surface area contributed by atoms with Gasteiger partial charge in [-0.3, -0.25) is 4.79 Å². The molecule has 4 nitrogen and oxygen atoms in total. The number of benzene rings is 1. The third-order valence-corrected chi connectivity index (χ3v) is 3.73. The van der Waals surface area contributed by atoms with Gasteiger partial charge in [-0.1, -0.05) is 17.7 Å². The molecule has 0 radical (unpaired) electrons. The Morgan fingerprint density at radius 3 is 2.79 bits per heavy atom. The second kappa shape index (κ2) is 5.86. The molecular formula is C13H15ClFNO3. The molecule has 2 rings (SSSR count). The zero-order valence-electron chi connectivity index (χ0n) is 10.1. The monoisotopic (exact) mass is 287 g/mol. The molecule has 1 aliphatic carbocycles. The van der Waals surface area contributed by atoms with Crippen LogP contribution < -0.4 is 5.32 Å². The van der Waals surface area contributed by atoms with Crippen molar-refractivity contribution < 1.29 is 19.4 Å². The molecule has 1 aromatic carbocycles. The highest BCUT2D eigenvalue weighted by Gasteiger charge is 2.33. The predicted molar refractivity (Wildman–Crippen MR) is 68.5 cm³/mol. The molecule has 0 saturated heterocycles. The van der Waals surface area contributed by atoms with Gasteiger partial charge in [0.2, 0.25) is 0 Å². The Kier molecular flexibility index (Phi) is 4.39. The number of carbonyl (C=O) groups is 1. The van der Waals surface area contributed by atoms with Gasteiger partial charge >= 0.3 is 0 Å². The van der Waals surface area contributed by atoms with E-state index in [0.29, 0.717) is 12.8 Å². The van der Waals surface area contributed by atoms with Crippen molar-refractivity contribution in [1.29, 1.82) is 0 Å². The maximum atomic E-state index is 13.6. The maximum absolute atomic E-state index is 13.6. The molecule has 3 atom stereocenters. The summed E-state index contributed by atoms with van der Waals surface area (Å²) in [6, 6.07) is 3.76. The van der Waals surface area contributed by atoms with Crippen LogP contribution in [-0.2, 0) is 0 Å². The van der Waals surface area contributed by atoms with Gasteiger partial charge in [0.1, 0.15) is 5.82 Å². The lowest BCUT2D eigenvalue weighted by Gasteiger charge is -2.13. The van der Waals surface area contributed by atoms with Gasteiger partial charge in [0, 0.05) is 18.6 Å².